The van der Waals surface area contributed by atoms with Crippen LogP contribution in [0.3, 0.4) is 0 Å². The fraction of sp³-hybridized carbons (Fsp3) is 0.200. The van der Waals surface area contributed by atoms with Crippen molar-refractivity contribution in [2.45, 2.75) is 38.5 Å². The molecule has 4 aromatic carbocycles. The van der Waals surface area contributed by atoms with Crippen molar-refractivity contribution in [2.75, 3.05) is 19.1 Å². The van der Waals surface area contributed by atoms with E-state index >= 15 is 4.39 Å². The number of nitrogens with one attached hydrogen (secondary N) is 1. The van der Waals surface area contributed by atoms with E-state index in [0.717, 1.165) is 5.56 Å². The summed E-state index contributed by atoms with van der Waals surface area (Å²) in [6, 6.07) is 23.1. The number of methoxy groups -OCH3 is 1. The molecule has 2 heterocycles. The molecule has 51 heavy (non-hydrogen) atoms. The molecule has 6 aromatic rings. The first kappa shape index (κ1) is 33.6. The van der Waals surface area contributed by atoms with Gasteiger partial charge in [0.2, 0.25) is 5.95 Å². The van der Waals surface area contributed by atoms with Gasteiger partial charge in [-0.15, -0.1) is 0 Å². The van der Waals surface area contributed by atoms with E-state index in [1.165, 1.54) is 38.4 Å². The van der Waals surface area contributed by atoms with E-state index in [9.17, 15) is 14.0 Å². The van der Waals surface area contributed by atoms with Gasteiger partial charge in [0.05, 0.1) is 36.3 Å². The maximum atomic E-state index is 16.8. The van der Waals surface area contributed by atoms with Crippen LogP contribution in [0.15, 0.2) is 102 Å². The number of ether oxygens (including phenoxy) is 2. The molecule has 7 rings (SSSR count). The van der Waals surface area contributed by atoms with E-state index in [-0.39, 0.29) is 51.5 Å². The Morgan fingerprint density at radius 2 is 1.67 bits per heavy atom. The van der Waals surface area contributed by atoms with E-state index in [0.29, 0.717) is 41.9 Å². The minimum absolute atomic E-state index is 0.0256. The van der Waals surface area contributed by atoms with Crippen molar-refractivity contribution in [3.63, 3.8) is 0 Å². The zero-order chi connectivity index (χ0) is 35.6. The van der Waals surface area contributed by atoms with Crippen LogP contribution in [0.2, 0.25) is 0 Å². The van der Waals surface area contributed by atoms with Crippen molar-refractivity contribution < 1.29 is 32.3 Å². The molecule has 0 aliphatic heterocycles. The highest BCUT2D eigenvalue weighted by molar-refractivity contribution is 6.12. The number of benzene rings is 4. The van der Waals surface area contributed by atoms with Gasteiger partial charge in [0.25, 0.3) is 11.8 Å². The fourth-order valence-corrected chi connectivity index (χ4v) is 6.45. The molecule has 1 saturated carbocycles. The number of rotatable bonds is 10. The van der Waals surface area contributed by atoms with Crippen LogP contribution >= 0.6 is 0 Å². The maximum Gasteiger partial charge on any atom is 0.264 e. The Morgan fingerprint density at radius 1 is 0.941 bits per heavy atom. The lowest BCUT2D eigenvalue weighted by molar-refractivity contribution is -0.0200. The first-order valence-electron chi connectivity index (χ1n) is 16.5. The number of halogens is 2. The minimum Gasteiger partial charge on any atom is -0.496 e. The standard InChI is InChI=1S/C40H34F2N4O5/c1-23-18-33(49-3)31(39(48)46(40-44-16-7-17-45-40)27-19-28(20-27)50-22-24-8-5-4-6-9-24)21-30(23)29-14-15-32-34(36(29)42)35(38(47)43-2)37(51-32)25-10-12-26(41)13-11-25/h4-18,21,27-28H,19-20,22H2,1-3H3,(H,43,47). The van der Waals surface area contributed by atoms with E-state index < -0.39 is 23.4 Å². The van der Waals surface area contributed by atoms with Crippen LogP contribution in [0, 0.1) is 18.6 Å². The van der Waals surface area contributed by atoms with Gasteiger partial charge in [0, 0.05) is 36.6 Å². The number of carbonyl (C=O) groups is 2. The molecule has 258 valence electrons. The minimum atomic E-state index is -0.712. The summed E-state index contributed by atoms with van der Waals surface area (Å²) in [4.78, 5) is 38.1. The van der Waals surface area contributed by atoms with Crippen molar-refractivity contribution in [3.05, 3.63) is 131 Å². The van der Waals surface area contributed by atoms with Gasteiger partial charge in [-0.3, -0.25) is 14.5 Å². The Morgan fingerprint density at radius 3 is 2.35 bits per heavy atom. The largest absolute Gasteiger partial charge is 0.496 e. The Labute approximate surface area is 292 Å². The summed E-state index contributed by atoms with van der Waals surface area (Å²) in [5, 5.41) is 2.52. The van der Waals surface area contributed by atoms with Gasteiger partial charge < -0.3 is 19.2 Å². The lowest BCUT2D eigenvalue weighted by atomic mass is 9.87. The first-order valence-corrected chi connectivity index (χ1v) is 16.5. The highest BCUT2D eigenvalue weighted by atomic mass is 19.1. The van der Waals surface area contributed by atoms with E-state index in [2.05, 4.69) is 15.3 Å². The van der Waals surface area contributed by atoms with E-state index in [1.807, 2.05) is 30.3 Å². The summed E-state index contributed by atoms with van der Waals surface area (Å²) in [5.41, 5.74) is 2.96. The highest BCUT2D eigenvalue weighted by Crippen LogP contribution is 2.41. The summed E-state index contributed by atoms with van der Waals surface area (Å²) in [5.74, 6) is -1.53. The fourth-order valence-electron chi connectivity index (χ4n) is 6.45. The van der Waals surface area contributed by atoms with Gasteiger partial charge in [-0.05, 0) is 91.1 Å². The Bertz CT molecular complexity index is 2220. The summed E-state index contributed by atoms with van der Waals surface area (Å²) in [6.07, 6.45) is 4.23. The highest BCUT2D eigenvalue weighted by Gasteiger charge is 2.40. The number of nitrogens with zero attached hydrogens (tertiary/aromatic N) is 3. The second-order valence-electron chi connectivity index (χ2n) is 12.3. The number of aryl methyl sites for hydroxylation is 1. The predicted molar refractivity (Wildman–Crippen MR) is 189 cm³/mol. The SMILES string of the molecule is CNC(=O)c1c(-c2ccc(F)cc2)oc2ccc(-c3cc(C(=O)N(c4ncccn4)C4CC(OCc5ccccc5)C4)c(OC)cc3C)c(F)c12. The van der Waals surface area contributed by atoms with Gasteiger partial charge in [-0.2, -0.15) is 0 Å². The summed E-state index contributed by atoms with van der Waals surface area (Å²) in [6.45, 7) is 2.25. The number of carbonyl (C=O) groups excluding carboxylic acids is 2. The molecule has 1 aliphatic carbocycles. The summed E-state index contributed by atoms with van der Waals surface area (Å²) < 4.78 is 48.3. The van der Waals surface area contributed by atoms with Crippen molar-refractivity contribution >= 4 is 28.7 Å². The number of furan rings is 1. The van der Waals surface area contributed by atoms with Crippen molar-refractivity contribution in [3.8, 4) is 28.2 Å². The Balaban J connectivity index is 1.27. The van der Waals surface area contributed by atoms with Crippen molar-refractivity contribution in [2.24, 2.45) is 0 Å². The zero-order valence-corrected chi connectivity index (χ0v) is 28.2. The molecule has 1 N–H and O–H groups in total. The lowest BCUT2D eigenvalue weighted by Crippen LogP contribution is -2.51. The second-order valence-corrected chi connectivity index (χ2v) is 12.3. The summed E-state index contributed by atoms with van der Waals surface area (Å²) >= 11 is 0. The molecule has 0 saturated heterocycles. The third-order valence-electron chi connectivity index (χ3n) is 9.17. The average Bonchev–Trinajstić information content (AvgIpc) is 3.54. The average molecular weight is 689 g/mol. The monoisotopic (exact) mass is 688 g/mol. The van der Waals surface area contributed by atoms with Gasteiger partial charge in [0.15, 0.2) is 0 Å². The van der Waals surface area contributed by atoms with Crippen molar-refractivity contribution in [1.29, 1.82) is 0 Å². The molecule has 0 unspecified atom stereocenters. The number of amides is 2. The van der Waals surface area contributed by atoms with Crippen LogP contribution in [0.1, 0.15) is 44.7 Å². The quantitative estimate of drug-likeness (QED) is 0.156. The molecule has 2 amide bonds. The van der Waals surface area contributed by atoms with Gasteiger partial charge in [-0.1, -0.05) is 30.3 Å². The lowest BCUT2D eigenvalue weighted by Gasteiger charge is -2.41. The molecular formula is C40H34F2N4O5. The van der Waals surface area contributed by atoms with Crippen molar-refractivity contribution in [1.82, 2.24) is 15.3 Å². The molecular weight excluding hydrogens is 654 g/mol. The number of hydrogen-bond acceptors (Lipinski definition) is 7. The molecule has 9 nitrogen and oxygen atoms in total. The van der Waals surface area contributed by atoms with Crippen LogP contribution in [0.4, 0.5) is 14.7 Å². The van der Waals surface area contributed by atoms with E-state index in [4.69, 9.17) is 13.9 Å². The molecule has 0 radical (unpaired) electrons. The third kappa shape index (κ3) is 6.43. The van der Waals surface area contributed by atoms with Crippen LogP contribution in [-0.4, -0.2) is 48.1 Å². The van der Waals surface area contributed by atoms with E-state index in [1.54, 1.807) is 54.5 Å². The number of hydrogen-bond donors (Lipinski definition) is 1. The Kier molecular flexibility index (Phi) is 9.29. The molecule has 0 bridgehead atoms. The van der Waals surface area contributed by atoms with Crippen LogP contribution in [0.25, 0.3) is 33.4 Å². The molecule has 2 aromatic heterocycles. The maximum absolute atomic E-state index is 16.8. The molecule has 1 fully saturated rings. The first-order chi connectivity index (χ1) is 24.8. The van der Waals surface area contributed by atoms with Gasteiger partial charge in [-0.25, -0.2) is 18.7 Å². The summed E-state index contributed by atoms with van der Waals surface area (Å²) in [7, 11) is 2.90. The van der Waals surface area contributed by atoms with Gasteiger partial charge >= 0.3 is 0 Å². The molecule has 0 spiro atoms. The molecule has 0 atom stereocenters. The molecule has 1 aliphatic rings. The van der Waals surface area contributed by atoms with Crippen LogP contribution in [-0.2, 0) is 11.3 Å². The predicted octanol–water partition coefficient (Wildman–Crippen LogP) is 7.91. The number of anilines is 1. The topological polar surface area (TPSA) is 107 Å². The smallest absolute Gasteiger partial charge is 0.264 e. The van der Waals surface area contributed by atoms with Crippen LogP contribution < -0.4 is 15.0 Å². The van der Waals surface area contributed by atoms with Crippen LogP contribution in [0.5, 0.6) is 5.75 Å². The third-order valence-corrected chi connectivity index (χ3v) is 9.17. The number of fused-ring (bicyclic) bond motifs is 1. The van der Waals surface area contributed by atoms with Gasteiger partial charge in [0.1, 0.15) is 28.7 Å². The second kappa shape index (κ2) is 14.1. The Hall–Kier alpha value is -5.94. The zero-order valence-electron chi connectivity index (χ0n) is 28.2. The normalized spacial score (nSPS) is 15.3. The molecule has 11 heteroatoms. The number of aromatic nitrogens is 2.